The van der Waals surface area contributed by atoms with Gasteiger partial charge in [0, 0.05) is 12.7 Å². The van der Waals surface area contributed by atoms with Crippen LogP contribution in [0.25, 0.3) is 0 Å². The Balaban J connectivity index is 2.59. The minimum absolute atomic E-state index is 0.0612. The van der Waals surface area contributed by atoms with Crippen LogP contribution in [0.4, 0.5) is 0 Å². The topological polar surface area (TPSA) is 62.2 Å². The van der Waals surface area contributed by atoms with Crippen LogP contribution in [0.3, 0.4) is 0 Å². The van der Waals surface area contributed by atoms with Crippen molar-refractivity contribution in [3.63, 3.8) is 0 Å². The normalized spacial score (nSPS) is 14.5. The molecule has 0 saturated heterocycles. The van der Waals surface area contributed by atoms with E-state index >= 15 is 0 Å². The van der Waals surface area contributed by atoms with Gasteiger partial charge in [-0.2, -0.15) is 0 Å². The van der Waals surface area contributed by atoms with E-state index in [1.165, 1.54) is 6.20 Å². The third-order valence-corrected chi connectivity index (χ3v) is 3.06. The first-order valence-electron chi connectivity index (χ1n) is 5.45. The maximum atomic E-state index is 11.7. The summed E-state index contributed by atoms with van der Waals surface area (Å²) in [5.74, 6) is -0.207. The number of aromatic nitrogens is 1. The summed E-state index contributed by atoms with van der Waals surface area (Å²) in [6.07, 6.45) is 1.40. The molecule has 0 aliphatic carbocycles. The molecule has 1 unspecified atom stereocenters. The standard InChI is InChI=1S/C12H17ClN2O2/c1-8(2)12(3,17)7-15-11(16)9-4-5-10(13)14-6-9/h4-6,8,17H,7H2,1-3H3,(H,15,16). The lowest BCUT2D eigenvalue weighted by Gasteiger charge is -2.27. The van der Waals surface area contributed by atoms with Gasteiger partial charge < -0.3 is 10.4 Å². The lowest BCUT2D eigenvalue weighted by molar-refractivity contribution is 0.0142. The maximum absolute atomic E-state index is 11.7. The molecule has 17 heavy (non-hydrogen) atoms. The van der Waals surface area contributed by atoms with Crippen molar-refractivity contribution in [3.8, 4) is 0 Å². The molecule has 5 heteroatoms. The molecule has 1 aromatic rings. The molecule has 0 aliphatic heterocycles. The number of amides is 1. The van der Waals surface area contributed by atoms with Gasteiger partial charge in [-0.1, -0.05) is 25.4 Å². The van der Waals surface area contributed by atoms with Crippen LogP contribution in [0.1, 0.15) is 31.1 Å². The van der Waals surface area contributed by atoms with Crippen LogP contribution in [-0.2, 0) is 0 Å². The van der Waals surface area contributed by atoms with Crippen LogP contribution in [0.2, 0.25) is 5.15 Å². The highest BCUT2D eigenvalue weighted by molar-refractivity contribution is 6.29. The van der Waals surface area contributed by atoms with Crippen molar-refractivity contribution in [2.45, 2.75) is 26.4 Å². The highest BCUT2D eigenvalue weighted by atomic mass is 35.5. The van der Waals surface area contributed by atoms with E-state index in [0.717, 1.165) is 0 Å². The number of carbonyl (C=O) groups is 1. The van der Waals surface area contributed by atoms with E-state index < -0.39 is 5.60 Å². The fourth-order valence-corrected chi connectivity index (χ4v) is 1.19. The Kier molecular flexibility index (Phi) is 4.48. The number of hydrogen-bond donors (Lipinski definition) is 2. The molecule has 1 heterocycles. The average molecular weight is 257 g/mol. The lowest BCUT2D eigenvalue weighted by Crippen LogP contribution is -2.44. The molecule has 1 atom stereocenters. The van der Waals surface area contributed by atoms with Gasteiger partial charge in [-0.3, -0.25) is 4.79 Å². The Morgan fingerprint density at radius 3 is 2.71 bits per heavy atom. The second kappa shape index (κ2) is 5.47. The van der Waals surface area contributed by atoms with Gasteiger partial charge in [0.25, 0.3) is 5.91 Å². The molecule has 0 radical (unpaired) electrons. The van der Waals surface area contributed by atoms with E-state index in [4.69, 9.17) is 11.6 Å². The number of carbonyl (C=O) groups excluding carboxylic acids is 1. The van der Waals surface area contributed by atoms with E-state index in [9.17, 15) is 9.90 Å². The molecule has 1 amide bonds. The highest BCUT2D eigenvalue weighted by Crippen LogP contribution is 2.14. The predicted octanol–water partition coefficient (Wildman–Crippen LogP) is 1.87. The Labute approximate surface area is 106 Å². The number of aliphatic hydroxyl groups is 1. The van der Waals surface area contributed by atoms with Crippen LogP contribution in [0.5, 0.6) is 0 Å². The molecule has 0 spiro atoms. The summed E-state index contributed by atoms with van der Waals surface area (Å²) in [5.41, 5.74) is -0.496. The zero-order chi connectivity index (χ0) is 13.1. The Hall–Kier alpha value is -1.13. The fraction of sp³-hybridized carbons (Fsp3) is 0.500. The molecule has 0 bridgehead atoms. The minimum Gasteiger partial charge on any atom is -0.388 e. The predicted molar refractivity (Wildman–Crippen MR) is 67.0 cm³/mol. The zero-order valence-electron chi connectivity index (χ0n) is 10.2. The van der Waals surface area contributed by atoms with Crippen LogP contribution in [0.15, 0.2) is 18.3 Å². The van der Waals surface area contributed by atoms with E-state index in [2.05, 4.69) is 10.3 Å². The van der Waals surface area contributed by atoms with Crippen LogP contribution in [0, 0.1) is 5.92 Å². The largest absolute Gasteiger partial charge is 0.388 e. The SMILES string of the molecule is CC(C)C(C)(O)CNC(=O)c1ccc(Cl)nc1. The van der Waals surface area contributed by atoms with Crippen LogP contribution < -0.4 is 5.32 Å². The lowest BCUT2D eigenvalue weighted by atomic mass is 9.92. The third-order valence-electron chi connectivity index (χ3n) is 2.84. The minimum atomic E-state index is -0.921. The van der Waals surface area contributed by atoms with Crippen molar-refractivity contribution in [2.24, 2.45) is 5.92 Å². The van der Waals surface area contributed by atoms with E-state index in [1.54, 1.807) is 19.1 Å². The smallest absolute Gasteiger partial charge is 0.252 e. The van der Waals surface area contributed by atoms with Gasteiger partial charge in [-0.15, -0.1) is 0 Å². The summed E-state index contributed by atoms with van der Waals surface area (Å²) in [6, 6.07) is 3.14. The van der Waals surface area contributed by atoms with Gasteiger partial charge in [0.05, 0.1) is 11.2 Å². The molecule has 0 aliphatic rings. The first kappa shape index (κ1) is 13.9. The summed E-state index contributed by atoms with van der Waals surface area (Å²) in [5, 5.41) is 13.0. The van der Waals surface area contributed by atoms with Gasteiger partial charge in [0.15, 0.2) is 0 Å². The quantitative estimate of drug-likeness (QED) is 0.809. The molecule has 1 aromatic heterocycles. The summed E-state index contributed by atoms with van der Waals surface area (Å²) in [6.45, 7) is 5.69. The first-order valence-corrected chi connectivity index (χ1v) is 5.83. The zero-order valence-corrected chi connectivity index (χ0v) is 11.0. The number of pyridine rings is 1. The van der Waals surface area contributed by atoms with Gasteiger partial charge in [-0.25, -0.2) is 4.98 Å². The first-order chi connectivity index (χ1) is 7.83. The van der Waals surface area contributed by atoms with Gasteiger partial charge in [0.1, 0.15) is 5.15 Å². The summed E-state index contributed by atoms with van der Waals surface area (Å²) >= 11 is 5.62. The van der Waals surface area contributed by atoms with Gasteiger partial charge in [-0.05, 0) is 25.0 Å². The van der Waals surface area contributed by atoms with E-state index in [-0.39, 0.29) is 18.4 Å². The molecular formula is C12H17ClN2O2. The number of halogens is 1. The average Bonchev–Trinajstić information content (AvgIpc) is 2.27. The number of hydrogen-bond acceptors (Lipinski definition) is 3. The summed E-state index contributed by atoms with van der Waals surface area (Å²) in [7, 11) is 0. The monoisotopic (exact) mass is 256 g/mol. The third kappa shape index (κ3) is 3.98. The second-order valence-electron chi connectivity index (χ2n) is 4.56. The second-order valence-corrected chi connectivity index (χ2v) is 4.95. The number of nitrogens with one attached hydrogen (secondary N) is 1. The Bertz CT molecular complexity index is 388. The van der Waals surface area contributed by atoms with Crippen molar-refractivity contribution in [1.29, 1.82) is 0 Å². The Morgan fingerprint density at radius 1 is 1.59 bits per heavy atom. The molecule has 4 nitrogen and oxygen atoms in total. The van der Waals surface area contributed by atoms with Crippen molar-refractivity contribution < 1.29 is 9.90 Å². The van der Waals surface area contributed by atoms with Crippen molar-refractivity contribution in [1.82, 2.24) is 10.3 Å². The van der Waals surface area contributed by atoms with Gasteiger partial charge in [0.2, 0.25) is 0 Å². The van der Waals surface area contributed by atoms with Crippen molar-refractivity contribution >= 4 is 17.5 Å². The summed E-state index contributed by atoms with van der Waals surface area (Å²) in [4.78, 5) is 15.5. The van der Waals surface area contributed by atoms with E-state index in [1.807, 2.05) is 13.8 Å². The molecular weight excluding hydrogens is 240 g/mol. The van der Waals surface area contributed by atoms with Crippen molar-refractivity contribution in [3.05, 3.63) is 29.0 Å². The highest BCUT2D eigenvalue weighted by Gasteiger charge is 2.25. The molecule has 0 saturated carbocycles. The Morgan fingerprint density at radius 2 is 2.24 bits per heavy atom. The van der Waals surface area contributed by atoms with E-state index in [0.29, 0.717) is 10.7 Å². The van der Waals surface area contributed by atoms with Crippen LogP contribution >= 0.6 is 11.6 Å². The molecule has 94 valence electrons. The maximum Gasteiger partial charge on any atom is 0.252 e. The molecule has 0 aromatic carbocycles. The summed E-state index contributed by atoms with van der Waals surface area (Å²) < 4.78 is 0. The van der Waals surface area contributed by atoms with Crippen molar-refractivity contribution in [2.75, 3.05) is 6.54 Å². The van der Waals surface area contributed by atoms with Crippen LogP contribution in [-0.4, -0.2) is 28.1 Å². The molecule has 0 fully saturated rings. The molecule has 1 rings (SSSR count). The van der Waals surface area contributed by atoms with Gasteiger partial charge >= 0.3 is 0 Å². The number of rotatable bonds is 4. The molecule has 2 N–H and O–H groups in total. The number of nitrogens with zero attached hydrogens (tertiary/aromatic N) is 1. The fourth-order valence-electron chi connectivity index (χ4n) is 1.08.